The number of hydrogen-bond donors (Lipinski definition) is 1. The summed E-state index contributed by atoms with van der Waals surface area (Å²) in [6.45, 7) is 2.13. The van der Waals surface area contributed by atoms with Crippen LogP contribution in [0, 0.1) is 0 Å². The number of nitrogens with one attached hydrogen (secondary N) is 1. The Hall–Kier alpha value is -2.17. The van der Waals surface area contributed by atoms with Crippen molar-refractivity contribution in [2.24, 2.45) is 0 Å². The molecule has 1 N–H and O–H groups in total. The largest absolute Gasteiger partial charge is 0.461 e. The lowest BCUT2D eigenvalue weighted by molar-refractivity contribution is -0.440. The van der Waals surface area contributed by atoms with E-state index in [2.05, 4.69) is 9.47 Å². The van der Waals surface area contributed by atoms with Gasteiger partial charge in [0.15, 0.2) is 0 Å². The van der Waals surface area contributed by atoms with E-state index in [-0.39, 0.29) is 0 Å². The molecule has 0 aliphatic heterocycles. The van der Waals surface area contributed by atoms with Crippen molar-refractivity contribution in [1.82, 2.24) is 5.32 Å². The van der Waals surface area contributed by atoms with E-state index in [9.17, 15) is 66.7 Å². The predicted octanol–water partition coefficient (Wildman–Crippen LogP) is 4.79. The SMILES string of the molecule is COC(=O)NC(CC(F)(F)C(F)(F)C(F)(F)C(F)(F)C(F)(F)C(F)(F)F)C(=O)OC(C)C. The number of hydrogen-bond acceptors (Lipinski definition) is 4. The molecule has 0 spiro atoms. The van der Waals surface area contributed by atoms with Gasteiger partial charge in [0.05, 0.1) is 13.2 Å². The van der Waals surface area contributed by atoms with E-state index in [1.54, 1.807) is 0 Å². The third-order valence-electron chi connectivity index (χ3n) is 3.57. The van der Waals surface area contributed by atoms with Crippen LogP contribution in [0.3, 0.4) is 0 Å². The molecule has 190 valence electrons. The Labute approximate surface area is 170 Å². The minimum atomic E-state index is -8.07. The molecule has 0 heterocycles. The molecule has 0 aromatic heterocycles. The molecule has 1 amide bonds. The number of carbonyl (C=O) groups is 2. The Balaban J connectivity index is 6.32. The van der Waals surface area contributed by atoms with E-state index in [0.717, 1.165) is 19.2 Å². The smallest absolute Gasteiger partial charge is 0.460 e. The fourth-order valence-electron chi connectivity index (χ4n) is 1.90. The van der Waals surface area contributed by atoms with Gasteiger partial charge < -0.3 is 14.8 Å². The normalized spacial score (nSPS) is 15.4. The van der Waals surface area contributed by atoms with E-state index < -0.39 is 66.4 Å². The maximum atomic E-state index is 13.9. The summed E-state index contributed by atoms with van der Waals surface area (Å²) in [5, 5.41) is 1.14. The number of esters is 1. The molecule has 0 fully saturated rings. The molecule has 0 radical (unpaired) electrons. The lowest BCUT2D eigenvalue weighted by Crippen LogP contribution is -2.70. The molecule has 0 aliphatic carbocycles. The van der Waals surface area contributed by atoms with Gasteiger partial charge in [0.2, 0.25) is 0 Å². The molecule has 18 heteroatoms. The highest BCUT2D eigenvalue weighted by Crippen LogP contribution is 2.60. The Morgan fingerprint density at radius 2 is 1.16 bits per heavy atom. The third kappa shape index (κ3) is 5.24. The first-order chi connectivity index (χ1) is 13.9. The minimum absolute atomic E-state index is 0.556. The molecule has 0 bridgehead atoms. The number of alkyl halides is 13. The van der Waals surface area contributed by atoms with Crippen LogP contribution in [-0.4, -0.2) is 67.1 Å². The second-order valence-electron chi connectivity index (χ2n) is 6.38. The van der Waals surface area contributed by atoms with Crippen LogP contribution in [0.15, 0.2) is 0 Å². The Bertz CT molecular complexity index is 691. The standard InChI is InChI=1S/C14H14F13NO4/c1-5(2)32-7(29)6(28-8(30)31-3)4-9(15,16)10(17,18)11(19,20)12(21,22)13(23,24)14(25,26)27/h5-6H,4H2,1-3H3,(H,28,30). The van der Waals surface area contributed by atoms with Gasteiger partial charge in [0, 0.05) is 6.42 Å². The number of ether oxygens (including phenoxy) is 2. The fourth-order valence-corrected chi connectivity index (χ4v) is 1.90. The summed E-state index contributed by atoms with van der Waals surface area (Å²) in [5.41, 5.74) is 0. The summed E-state index contributed by atoms with van der Waals surface area (Å²) in [6, 6.07) is -3.00. The Kier molecular flexibility index (Phi) is 8.38. The first-order valence-corrected chi connectivity index (χ1v) is 7.91. The highest BCUT2D eigenvalue weighted by atomic mass is 19.4. The summed E-state index contributed by atoms with van der Waals surface area (Å²) < 4.78 is 179. The molecule has 1 atom stereocenters. The van der Waals surface area contributed by atoms with Crippen molar-refractivity contribution < 1.29 is 76.1 Å². The minimum Gasteiger partial charge on any atom is -0.461 e. The van der Waals surface area contributed by atoms with Gasteiger partial charge in [-0.3, -0.25) is 0 Å². The average Bonchev–Trinajstić information content (AvgIpc) is 2.58. The van der Waals surface area contributed by atoms with Crippen LogP contribution in [-0.2, 0) is 14.3 Å². The summed E-state index contributed by atoms with van der Waals surface area (Å²) in [6.07, 6.45) is -13.5. The van der Waals surface area contributed by atoms with Crippen LogP contribution in [0.5, 0.6) is 0 Å². The number of halogens is 13. The highest BCUT2D eigenvalue weighted by molar-refractivity contribution is 5.81. The van der Waals surface area contributed by atoms with Crippen LogP contribution in [0.25, 0.3) is 0 Å². The predicted molar refractivity (Wildman–Crippen MR) is 76.0 cm³/mol. The summed E-state index contributed by atoms with van der Waals surface area (Å²) >= 11 is 0. The van der Waals surface area contributed by atoms with Crippen LogP contribution >= 0.6 is 0 Å². The number of methoxy groups -OCH3 is 1. The lowest BCUT2D eigenvalue weighted by Gasteiger charge is -2.40. The number of amides is 1. The highest BCUT2D eigenvalue weighted by Gasteiger charge is 2.90. The maximum absolute atomic E-state index is 13.9. The molecule has 0 aromatic carbocycles. The zero-order valence-corrected chi connectivity index (χ0v) is 15.9. The van der Waals surface area contributed by atoms with Crippen molar-refractivity contribution in [3.8, 4) is 0 Å². The summed E-state index contributed by atoms with van der Waals surface area (Å²) in [4.78, 5) is 22.8. The molecular formula is C14H14F13NO4. The Morgan fingerprint density at radius 3 is 1.50 bits per heavy atom. The number of carbonyl (C=O) groups excluding carboxylic acids is 2. The van der Waals surface area contributed by atoms with Crippen molar-refractivity contribution >= 4 is 12.1 Å². The molecular weight excluding hydrogens is 493 g/mol. The van der Waals surface area contributed by atoms with Crippen molar-refractivity contribution in [2.45, 2.75) is 68.2 Å². The summed E-state index contributed by atoms with van der Waals surface area (Å²) in [5.74, 6) is -40.1. The number of alkyl carbamates (subject to hydrolysis) is 1. The van der Waals surface area contributed by atoms with Crippen molar-refractivity contribution in [3.63, 3.8) is 0 Å². The fraction of sp³-hybridized carbons (Fsp3) is 0.857. The lowest BCUT2D eigenvalue weighted by atomic mass is 9.91. The van der Waals surface area contributed by atoms with E-state index in [1.807, 2.05) is 0 Å². The van der Waals surface area contributed by atoms with Gasteiger partial charge in [0.1, 0.15) is 6.04 Å². The monoisotopic (exact) mass is 507 g/mol. The molecule has 0 saturated heterocycles. The molecule has 0 aromatic rings. The van der Waals surface area contributed by atoms with Crippen molar-refractivity contribution in [2.75, 3.05) is 7.11 Å². The second-order valence-corrected chi connectivity index (χ2v) is 6.38. The number of rotatable bonds is 9. The van der Waals surface area contributed by atoms with Gasteiger partial charge in [-0.25, -0.2) is 9.59 Å². The third-order valence-corrected chi connectivity index (χ3v) is 3.57. The quantitative estimate of drug-likeness (QED) is 0.360. The van der Waals surface area contributed by atoms with Crippen LogP contribution in [0.1, 0.15) is 20.3 Å². The summed E-state index contributed by atoms with van der Waals surface area (Å²) in [7, 11) is 0.556. The molecule has 5 nitrogen and oxygen atoms in total. The van der Waals surface area contributed by atoms with E-state index in [1.165, 1.54) is 0 Å². The van der Waals surface area contributed by atoms with Crippen LogP contribution in [0.2, 0.25) is 0 Å². The maximum Gasteiger partial charge on any atom is 0.460 e. The zero-order valence-electron chi connectivity index (χ0n) is 15.9. The van der Waals surface area contributed by atoms with Crippen LogP contribution in [0.4, 0.5) is 61.9 Å². The van der Waals surface area contributed by atoms with Gasteiger partial charge in [-0.1, -0.05) is 0 Å². The first-order valence-electron chi connectivity index (χ1n) is 7.91. The first kappa shape index (κ1) is 29.8. The zero-order chi connectivity index (χ0) is 26.1. The van der Waals surface area contributed by atoms with E-state index >= 15 is 0 Å². The van der Waals surface area contributed by atoms with E-state index in [4.69, 9.17) is 0 Å². The molecule has 1 unspecified atom stereocenters. The van der Waals surface area contributed by atoms with Gasteiger partial charge in [0.25, 0.3) is 0 Å². The van der Waals surface area contributed by atoms with Gasteiger partial charge in [-0.05, 0) is 13.8 Å². The molecule has 32 heavy (non-hydrogen) atoms. The van der Waals surface area contributed by atoms with Crippen molar-refractivity contribution in [3.05, 3.63) is 0 Å². The van der Waals surface area contributed by atoms with Crippen LogP contribution < -0.4 is 5.32 Å². The molecule has 0 saturated carbocycles. The van der Waals surface area contributed by atoms with Crippen molar-refractivity contribution in [1.29, 1.82) is 0 Å². The topological polar surface area (TPSA) is 64.6 Å². The van der Waals surface area contributed by atoms with Gasteiger partial charge in [-0.2, -0.15) is 57.1 Å². The molecule has 0 rings (SSSR count). The second kappa shape index (κ2) is 8.99. The average molecular weight is 507 g/mol. The van der Waals surface area contributed by atoms with E-state index in [0.29, 0.717) is 7.11 Å². The van der Waals surface area contributed by atoms with Gasteiger partial charge in [-0.15, -0.1) is 0 Å². The Morgan fingerprint density at radius 1 is 0.750 bits per heavy atom. The van der Waals surface area contributed by atoms with Gasteiger partial charge >= 0.3 is 47.9 Å². The molecule has 0 aliphatic rings.